The fourth-order valence-corrected chi connectivity index (χ4v) is 2.83. The number of carbonyl (C=O) groups is 1. The summed E-state index contributed by atoms with van der Waals surface area (Å²) in [6, 6.07) is 5.40. The van der Waals surface area contributed by atoms with E-state index in [9.17, 15) is 9.59 Å². The zero-order chi connectivity index (χ0) is 16.2. The maximum Gasteiger partial charge on any atom is 0.263 e. The lowest BCUT2D eigenvalue weighted by Gasteiger charge is -2.16. The van der Waals surface area contributed by atoms with Gasteiger partial charge in [0.2, 0.25) is 0 Å². The SMILES string of the molecule is Cc1cc(NC[C@@H]2CCCO2)c(C=O)c(=O)n1Cc1ccco1. The van der Waals surface area contributed by atoms with E-state index in [1.807, 2.05) is 13.0 Å². The zero-order valence-electron chi connectivity index (χ0n) is 13.1. The monoisotopic (exact) mass is 316 g/mol. The van der Waals surface area contributed by atoms with Crippen LogP contribution in [0.1, 0.15) is 34.7 Å². The summed E-state index contributed by atoms with van der Waals surface area (Å²) in [6.07, 6.45) is 4.36. The Morgan fingerprint density at radius 2 is 2.35 bits per heavy atom. The molecule has 0 aromatic carbocycles. The minimum atomic E-state index is -0.314. The normalized spacial score (nSPS) is 17.3. The van der Waals surface area contributed by atoms with Crippen LogP contribution in [0.25, 0.3) is 0 Å². The summed E-state index contributed by atoms with van der Waals surface area (Å²) in [5.74, 6) is 0.673. The van der Waals surface area contributed by atoms with E-state index < -0.39 is 0 Å². The van der Waals surface area contributed by atoms with Crippen molar-refractivity contribution in [3.05, 3.63) is 51.8 Å². The molecule has 6 heteroatoms. The van der Waals surface area contributed by atoms with Gasteiger partial charge < -0.3 is 19.0 Å². The maximum absolute atomic E-state index is 12.6. The van der Waals surface area contributed by atoms with Crippen LogP contribution in [0.2, 0.25) is 0 Å². The van der Waals surface area contributed by atoms with Crippen molar-refractivity contribution >= 4 is 12.0 Å². The molecule has 1 N–H and O–H groups in total. The predicted molar refractivity (Wildman–Crippen MR) is 86.1 cm³/mol. The Balaban J connectivity index is 1.85. The number of furan rings is 1. The topological polar surface area (TPSA) is 73.5 Å². The Hall–Kier alpha value is -2.34. The number of carbonyl (C=O) groups excluding carboxylic acids is 1. The molecular weight excluding hydrogens is 296 g/mol. The first kappa shape index (κ1) is 15.6. The van der Waals surface area contributed by atoms with Gasteiger partial charge in [0.05, 0.1) is 24.6 Å². The number of aldehydes is 1. The van der Waals surface area contributed by atoms with Crippen LogP contribution in [0.5, 0.6) is 0 Å². The number of hydrogen-bond donors (Lipinski definition) is 1. The lowest BCUT2D eigenvalue weighted by Crippen LogP contribution is -2.28. The molecule has 0 unspecified atom stereocenters. The molecule has 0 radical (unpaired) electrons. The number of aryl methyl sites for hydroxylation is 1. The summed E-state index contributed by atoms with van der Waals surface area (Å²) >= 11 is 0. The number of ether oxygens (including phenoxy) is 1. The summed E-state index contributed by atoms with van der Waals surface area (Å²) in [4.78, 5) is 24.0. The molecule has 1 aliphatic heterocycles. The van der Waals surface area contributed by atoms with Crippen molar-refractivity contribution in [2.75, 3.05) is 18.5 Å². The van der Waals surface area contributed by atoms with Crippen molar-refractivity contribution in [3.8, 4) is 0 Å². The third-order valence-corrected chi connectivity index (χ3v) is 4.10. The van der Waals surface area contributed by atoms with Crippen molar-refractivity contribution in [1.82, 2.24) is 4.57 Å². The van der Waals surface area contributed by atoms with Gasteiger partial charge in [0.1, 0.15) is 11.3 Å². The molecule has 0 spiro atoms. The third kappa shape index (κ3) is 3.37. The van der Waals surface area contributed by atoms with E-state index in [1.165, 1.54) is 0 Å². The van der Waals surface area contributed by atoms with E-state index in [2.05, 4.69) is 5.32 Å². The van der Waals surface area contributed by atoms with Crippen molar-refractivity contribution < 1.29 is 13.9 Å². The molecular formula is C17H20N2O4. The number of nitrogens with zero attached hydrogens (tertiary/aromatic N) is 1. The lowest BCUT2D eigenvalue weighted by molar-refractivity contribution is 0.112. The van der Waals surface area contributed by atoms with Gasteiger partial charge in [0, 0.05) is 18.8 Å². The highest BCUT2D eigenvalue weighted by Gasteiger charge is 2.18. The largest absolute Gasteiger partial charge is 0.467 e. The summed E-state index contributed by atoms with van der Waals surface area (Å²) < 4.78 is 12.4. The van der Waals surface area contributed by atoms with Crippen molar-refractivity contribution in [1.29, 1.82) is 0 Å². The number of hydrogen-bond acceptors (Lipinski definition) is 5. The molecule has 122 valence electrons. The molecule has 3 rings (SSSR count). The summed E-state index contributed by atoms with van der Waals surface area (Å²) in [5.41, 5.74) is 1.16. The molecule has 1 fully saturated rings. The summed E-state index contributed by atoms with van der Waals surface area (Å²) in [5, 5.41) is 3.18. The van der Waals surface area contributed by atoms with Gasteiger partial charge in [-0.25, -0.2) is 0 Å². The number of pyridine rings is 1. The van der Waals surface area contributed by atoms with Gasteiger partial charge in [0.15, 0.2) is 6.29 Å². The fourth-order valence-electron chi connectivity index (χ4n) is 2.83. The molecule has 0 aliphatic carbocycles. The molecule has 2 aromatic rings. The average molecular weight is 316 g/mol. The van der Waals surface area contributed by atoms with Gasteiger partial charge in [-0.3, -0.25) is 9.59 Å². The van der Waals surface area contributed by atoms with Crippen molar-refractivity contribution in [3.63, 3.8) is 0 Å². The van der Waals surface area contributed by atoms with Crippen molar-refractivity contribution in [2.45, 2.75) is 32.4 Å². The van der Waals surface area contributed by atoms with Gasteiger partial charge in [0.25, 0.3) is 5.56 Å². The first-order chi connectivity index (χ1) is 11.2. The standard InChI is InChI=1S/C17H20N2O4/c1-12-8-16(18-9-13-4-2-6-22-13)15(11-20)17(21)19(12)10-14-5-3-7-23-14/h3,5,7-8,11,13,18H,2,4,6,9-10H2,1H3/t13-/m0/s1. The first-order valence-corrected chi connectivity index (χ1v) is 7.76. The smallest absolute Gasteiger partial charge is 0.263 e. The van der Waals surface area contributed by atoms with Gasteiger partial charge in [-0.2, -0.15) is 0 Å². The molecule has 6 nitrogen and oxygen atoms in total. The van der Waals surface area contributed by atoms with E-state index >= 15 is 0 Å². The van der Waals surface area contributed by atoms with Gasteiger partial charge >= 0.3 is 0 Å². The Morgan fingerprint density at radius 3 is 3.00 bits per heavy atom. The van der Waals surface area contributed by atoms with Crippen LogP contribution in [-0.4, -0.2) is 30.1 Å². The highest BCUT2D eigenvalue weighted by atomic mass is 16.5. The molecule has 2 aromatic heterocycles. The number of nitrogens with one attached hydrogen (secondary N) is 1. The second-order valence-electron chi connectivity index (χ2n) is 5.72. The summed E-state index contributed by atoms with van der Waals surface area (Å²) in [6.45, 7) is 3.53. The average Bonchev–Trinajstić information content (AvgIpc) is 3.22. The molecule has 0 amide bonds. The van der Waals surface area contributed by atoms with E-state index in [0.717, 1.165) is 25.1 Å². The second-order valence-corrected chi connectivity index (χ2v) is 5.72. The molecule has 0 saturated carbocycles. The van der Waals surface area contributed by atoms with Crippen LogP contribution in [0.4, 0.5) is 5.69 Å². The Bertz CT molecular complexity index is 728. The molecule has 0 bridgehead atoms. The van der Waals surface area contributed by atoms with E-state index in [-0.39, 0.29) is 17.2 Å². The van der Waals surface area contributed by atoms with E-state index in [4.69, 9.17) is 9.15 Å². The zero-order valence-corrected chi connectivity index (χ0v) is 13.1. The van der Waals surface area contributed by atoms with E-state index in [0.29, 0.717) is 30.8 Å². The lowest BCUT2D eigenvalue weighted by atomic mass is 10.2. The molecule has 23 heavy (non-hydrogen) atoms. The quantitative estimate of drug-likeness (QED) is 0.827. The predicted octanol–water partition coefficient (Wildman–Crippen LogP) is 2.20. The second kappa shape index (κ2) is 6.83. The van der Waals surface area contributed by atoms with Gasteiger partial charge in [-0.15, -0.1) is 0 Å². The van der Waals surface area contributed by atoms with Crippen LogP contribution < -0.4 is 10.9 Å². The van der Waals surface area contributed by atoms with Gasteiger partial charge in [-0.05, 0) is 38.0 Å². The van der Waals surface area contributed by atoms with Crippen LogP contribution >= 0.6 is 0 Å². The Morgan fingerprint density at radius 1 is 1.48 bits per heavy atom. The summed E-state index contributed by atoms with van der Waals surface area (Å²) in [7, 11) is 0. The minimum Gasteiger partial charge on any atom is -0.467 e. The number of aromatic nitrogens is 1. The van der Waals surface area contributed by atoms with E-state index in [1.54, 1.807) is 23.0 Å². The highest BCUT2D eigenvalue weighted by Crippen LogP contribution is 2.17. The Kier molecular flexibility index (Phi) is 4.62. The van der Waals surface area contributed by atoms with Crippen molar-refractivity contribution in [2.24, 2.45) is 0 Å². The number of anilines is 1. The molecule has 1 saturated heterocycles. The van der Waals surface area contributed by atoms with Crippen LogP contribution in [0, 0.1) is 6.92 Å². The van der Waals surface area contributed by atoms with Crippen LogP contribution in [0.15, 0.2) is 33.7 Å². The fraction of sp³-hybridized carbons (Fsp3) is 0.412. The molecule has 1 atom stereocenters. The first-order valence-electron chi connectivity index (χ1n) is 7.76. The van der Waals surface area contributed by atoms with Crippen LogP contribution in [0.3, 0.4) is 0 Å². The number of rotatable bonds is 6. The third-order valence-electron chi connectivity index (χ3n) is 4.10. The van der Waals surface area contributed by atoms with Crippen LogP contribution in [-0.2, 0) is 11.3 Å². The Labute approximate surface area is 134 Å². The molecule has 1 aliphatic rings. The maximum atomic E-state index is 12.6. The molecule has 3 heterocycles. The minimum absolute atomic E-state index is 0.139. The van der Waals surface area contributed by atoms with Gasteiger partial charge in [-0.1, -0.05) is 0 Å². The highest BCUT2D eigenvalue weighted by molar-refractivity contribution is 5.83.